The third kappa shape index (κ3) is 3.24. The molecule has 2 rings (SSSR count). The second-order valence-corrected chi connectivity index (χ2v) is 5.41. The van der Waals surface area contributed by atoms with Crippen LogP contribution in [0, 0.1) is 9.49 Å². The van der Waals surface area contributed by atoms with Gasteiger partial charge in [-0.15, -0.1) is 0 Å². The molecule has 0 bridgehead atoms. The van der Waals surface area contributed by atoms with Gasteiger partial charge in [0.15, 0.2) is 0 Å². The Kier molecular flexibility index (Phi) is 3.43. The van der Waals surface area contributed by atoms with Gasteiger partial charge in [-0.3, -0.25) is 4.68 Å². The maximum atomic E-state index is 4.28. The third-order valence-corrected chi connectivity index (χ3v) is 2.99. The zero-order chi connectivity index (χ0) is 9.97. The lowest BCUT2D eigenvalue weighted by Gasteiger charge is -2.11. The Hall–Kier alpha value is -0.100. The number of hydrogen-bond acceptors (Lipinski definition) is 2. The predicted octanol–water partition coefficient (Wildman–Crippen LogP) is 1.88. The van der Waals surface area contributed by atoms with Crippen LogP contribution in [0.1, 0.15) is 19.8 Å². The molecule has 1 aromatic heterocycles. The van der Waals surface area contributed by atoms with E-state index in [9.17, 15) is 0 Å². The van der Waals surface area contributed by atoms with Gasteiger partial charge in [0, 0.05) is 18.8 Å². The molecule has 78 valence electrons. The van der Waals surface area contributed by atoms with Crippen molar-refractivity contribution in [1.82, 2.24) is 15.1 Å². The molecule has 1 saturated carbocycles. The minimum Gasteiger partial charge on any atom is -0.314 e. The molecular weight excluding hydrogens is 289 g/mol. The molecule has 0 amide bonds. The number of nitrogens with one attached hydrogen (secondary N) is 1. The van der Waals surface area contributed by atoms with Gasteiger partial charge < -0.3 is 5.32 Å². The highest BCUT2D eigenvalue weighted by Gasteiger charge is 2.20. The molecule has 0 saturated heterocycles. The highest BCUT2D eigenvalue weighted by atomic mass is 127. The van der Waals surface area contributed by atoms with Crippen LogP contribution in [0.3, 0.4) is 0 Å². The minimum absolute atomic E-state index is 0.659. The molecule has 4 heteroatoms. The molecule has 1 heterocycles. The number of aromatic nitrogens is 2. The zero-order valence-corrected chi connectivity index (χ0v) is 10.6. The SMILES string of the molecule is CC(CNC1CC1)Cn1cc(I)cn1. The van der Waals surface area contributed by atoms with E-state index < -0.39 is 0 Å². The molecule has 14 heavy (non-hydrogen) atoms. The summed E-state index contributed by atoms with van der Waals surface area (Å²) in [5, 5.41) is 7.82. The first-order valence-electron chi connectivity index (χ1n) is 5.15. The maximum Gasteiger partial charge on any atom is 0.0623 e. The molecular formula is C10H16IN3. The van der Waals surface area contributed by atoms with Crippen LogP contribution in [0.4, 0.5) is 0 Å². The van der Waals surface area contributed by atoms with Crippen LogP contribution < -0.4 is 5.32 Å². The number of rotatable bonds is 5. The molecule has 0 aromatic carbocycles. The van der Waals surface area contributed by atoms with Gasteiger partial charge in [0.25, 0.3) is 0 Å². The van der Waals surface area contributed by atoms with E-state index in [4.69, 9.17) is 0 Å². The van der Waals surface area contributed by atoms with E-state index in [1.165, 1.54) is 16.4 Å². The quantitative estimate of drug-likeness (QED) is 0.842. The molecule has 1 unspecified atom stereocenters. The van der Waals surface area contributed by atoms with Crippen LogP contribution in [0.25, 0.3) is 0 Å². The molecule has 3 nitrogen and oxygen atoms in total. The fourth-order valence-corrected chi connectivity index (χ4v) is 1.92. The fourth-order valence-electron chi connectivity index (χ4n) is 1.48. The molecule has 1 aliphatic carbocycles. The van der Waals surface area contributed by atoms with Gasteiger partial charge in [-0.2, -0.15) is 5.10 Å². The summed E-state index contributed by atoms with van der Waals surface area (Å²) in [5.41, 5.74) is 0. The summed E-state index contributed by atoms with van der Waals surface area (Å²) in [4.78, 5) is 0. The predicted molar refractivity (Wildman–Crippen MR) is 65.1 cm³/mol. The largest absolute Gasteiger partial charge is 0.314 e. The Labute approximate surface area is 98.4 Å². The smallest absolute Gasteiger partial charge is 0.0623 e. The lowest BCUT2D eigenvalue weighted by molar-refractivity contribution is 0.421. The van der Waals surface area contributed by atoms with Gasteiger partial charge in [0.1, 0.15) is 0 Å². The first-order chi connectivity index (χ1) is 6.74. The summed E-state index contributed by atoms with van der Waals surface area (Å²) in [5.74, 6) is 0.659. The maximum absolute atomic E-state index is 4.28. The summed E-state index contributed by atoms with van der Waals surface area (Å²) >= 11 is 2.29. The minimum atomic E-state index is 0.659. The molecule has 1 N–H and O–H groups in total. The van der Waals surface area contributed by atoms with Gasteiger partial charge in [0.2, 0.25) is 0 Å². The van der Waals surface area contributed by atoms with E-state index in [-0.39, 0.29) is 0 Å². The van der Waals surface area contributed by atoms with Crippen molar-refractivity contribution in [3.8, 4) is 0 Å². The highest BCUT2D eigenvalue weighted by molar-refractivity contribution is 14.1. The Morgan fingerprint density at radius 3 is 3.07 bits per heavy atom. The molecule has 1 fully saturated rings. The number of nitrogens with zero attached hydrogens (tertiary/aromatic N) is 2. The molecule has 0 spiro atoms. The zero-order valence-electron chi connectivity index (χ0n) is 8.41. The fraction of sp³-hybridized carbons (Fsp3) is 0.700. The van der Waals surface area contributed by atoms with Crippen molar-refractivity contribution < 1.29 is 0 Å². The average molecular weight is 305 g/mol. The Bertz CT molecular complexity index is 293. The lowest BCUT2D eigenvalue weighted by atomic mass is 10.2. The van der Waals surface area contributed by atoms with Crippen LogP contribution in [0.15, 0.2) is 12.4 Å². The van der Waals surface area contributed by atoms with Crippen molar-refractivity contribution in [2.75, 3.05) is 6.54 Å². The van der Waals surface area contributed by atoms with E-state index in [0.29, 0.717) is 5.92 Å². The summed E-state index contributed by atoms with van der Waals surface area (Å²) in [7, 11) is 0. The van der Waals surface area contributed by atoms with Crippen molar-refractivity contribution in [3.05, 3.63) is 16.0 Å². The van der Waals surface area contributed by atoms with Crippen LogP contribution >= 0.6 is 22.6 Å². The summed E-state index contributed by atoms with van der Waals surface area (Å²) in [6.07, 6.45) is 6.73. The summed E-state index contributed by atoms with van der Waals surface area (Å²) < 4.78 is 3.24. The second kappa shape index (κ2) is 4.61. The molecule has 0 aliphatic heterocycles. The van der Waals surface area contributed by atoms with Crippen molar-refractivity contribution in [1.29, 1.82) is 0 Å². The van der Waals surface area contributed by atoms with E-state index in [0.717, 1.165) is 19.1 Å². The van der Waals surface area contributed by atoms with Crippen LogP contribution in [-0.4, -0.2) is 22.4 Å². The summed E-state index contributed by atoms with van der Waals surface area (Å²) in [6, 6.07) is 0.815. The first-order valence-corrected chi connectivity index (χ1v) is 6.23. The van der Waals surface area contributed by atoms with Gasteiger partial charge in [-0.05, 0) is 47.9 Å². The Morgan fingerprint density at radius 2 is 2.50 bits per heavy atom. The van der Waals surface area contributed by atoms with Crippen molar-refractivity contribution in [2.24, 2.45) is 5.92 Å². The monoisotopic (exact) mass is 305 g/mol. The Morgan fingerprint density at radius 1 is 1.71 bits per heavy atom. The van der Waals surface area contributed by atoms with Crippen molar-refractivity contribution in [3.63, 3.8) is 0 Å². The van der Waals surface area contributed by atoms with Gasteiger partial charge in [-0.1, -0.05) is 6.92 Å². The molecule has 0 radical (unpaired) electrons. The normalized spacial score (nSPS) is 18.4. The number of halogens is 1. The first kappa shape index (κ1) is 10.4. The van der Waals surface area contributed by atoms with E-state index in [1.807, 2.05) is 10.9 Å². The van der Waals surface area contributed by atoms with Gasteiger partial charge in [0.05, 0.1) is 9.77 Å². The van der Waals surface area contributed by atoms with Crippen LogP contribution in [0.5, 0.6) is 0 Å². The van der Waals surface area contributed by atoms with Gasteiger partial charge in [-0.25, -0.2) is 0 Å². The van der Waals surface area contributed by atoms with Crippen LogP contribution in [-0.2, 0) is 6.54 Å². The highest BCUT2D eigenvalue weighted by Crippen LogP contribution is 2.18. The topological polar surface area (TPSA) is 29.9 Å². The van der Waals surface area contributed by atoms with Crippen LogP contribution in [0.2, 0.25) is 0 Å². The molecule has 1 aliphatic rings. The van der Waals surface area contributed by atoms with E-state index in [2.05, 4.69) is 46.1 Å². The Balaban J connectivity index is 1.72. The van der Waals surface area contributed by atoms with Crippen molar-refractivity contribution in [2.45, 2.75) is 32.4 Å². The van der Waals surface area contributed by atoms with E-state index in [1.54, 1.807) is 0 Å². The second-order valence-electron chi connectivity index (χ2n) is 4.17. The third-order valence-electron chi connectivity index (χ3n) is 2.43. The standard InChI is InChI=1S/C10H16IN3/c1-8(4-12-10-2-3-10)6-14-7-9(11)5-13-14/h5,7-8,10,12H,2-4,6H2,1H3. The molecule has 1 atom stereocenters. The molecule has 1 aromatic rings. The lowest BCUT2D eigenvalue weighted by Crippen LogP contribution is -2.25. The summed E-state index contributed by atoms with van der Waals surface area (Å²) in [6.45, 7) is 4.40. The van der Waals surface area contributed by atoms with E-state index >= 15 is 0 Å². The number of hydrogen-bond donors (Lipinski definition) is 1. The van der Waals surface area contributed by atoms with Gasteiger partial charge >= 0.3 is 0 Å². The van der Waals surface area contributed by atoms with Crippen molar-refractivity contribution >= 4 is 22.6 Å². The average Bonchev–Trinajstić information content (AvgIpc) is 2.88.